The number of carbonyl (C=O) groups is 1. The zero-order valence-corrected chi connectivity index (χ0v) is 11.9. The molecule has 1 N–H and O–H groups in total. The number of nitrogens with zero attached hydrogens (tertiary/aromatic N) is 1. The predicted octanol–water partition coefficient (Wildman–Crippen LogP) is 1.88. The first-order valence-corrected chi connectivity index (χ1v) is 7.02. The standard InChI is InChI=1S/C15H18F3NO3/c16-15(17,18)14(21)9-19-6-7-22-10-12(19)8-13(20)11-4-2-1-3-5-11/h1-5,12,14,21H,6-10H2/t12-,14+/m1/s1. The van der Waals surface area contributed by atoms with Gasteiger partial charge in [-0.25, -0.2) is 0 Å². The van der Waals surface area contributed by atoms with Gasteiger partial charge in [0.1, 0.15) is 0 Å². The first-order chi connectivity index (χ1) is 10.4. The van der Waals surface area contributed by atoms with E-state index >= 15 is 0 Å². The number of morpholine rings is 1. The summed E-state index contributed by atoms with van der Waals surface area (Å²) in [7, 11) is 0. The Labute approximate surface area is 126 Å². The molecule has 7 heteroatoms. The lowest BCUT2D eigenvalue weighted by Gasteiger charge is -2.36. The Balaban J connectivity index is 1.99. The van der Waals surface area contributed by atoms with Crippen LogP contribution in [0.15, 0.2) is 30.3 Å². The number of hydrogen-bond acceptors (Lipinski definition) is 4. The summed E-state index contributed by atoms with van der Waals surface area (Å²) in [5.74, 6) is -0.150. The molecule has 2 rings (SSSR count). The summed E-state index contributed by atoms with van der Waals surface area (Å²) >= 11 is 0. The van der Waals surface area contributed by atoms with E-state index in [2.05, 4.69) is 0 Å². The number of β-amino-alcohol motifs (C(OH)–C–C–N with tert-alkyl or cyclic N) is 1. The van der Waals surface area contributed by atoms with Crippen LogP contribution < -0.4 is 0 Å². The summed E-state index contributed by atoms with van der Waals surface area (Å²) in [5.41, 5.74) is 0.518. The van der Waals surface area contributed by atoms with Crippen LogP contribution in [0, 0.1) is 0 Å². The maximum absolute atomic E-state index is 12.5. The maximum atomic E-state index is 12.5. The van der Waals surface area contributed by atoms with Crippen molar-refractivity contribution in [2.45, 2.75) is 24.7 Å². The van der Waals surface area contributed by atoms with Crippen LogP contribution in [0.25, 0.3) is 0 Å². The van der Waals surface area contributed by atoms with Crippen molar-refractivity contribution in [1.29, 1.82) is 0 Å². The normalized spacial score (nSPS) is 21.5. The quantitative estimate of drug-likeness (QED) is 0.843. The van der Waals surface area contributed by atoms with Crippen molar-refractivity contribution >= 4 is 5.78 Å². The van der Waals surface area contributed by atoms with Gasteiger partial charge >= 0.3 is 6.18 Å². The highest BCUT2D eigenvalue weighted by molar-refractivity contribution is 5.96. The number of hydrogen-bond donors (Lipinski definition) is 1. The van der Waals surface area contributed by atoms with Crippen molar-refractivity contribution in [1.82, 2.24) is 4.90 Å². The largest absolute Gasteiger partial charge is 0.415 e. The van der Waals surface area contributed by atoms with Crippen LogP contribution in [-0.4, -0.2) is 60.4 Å². The highest BCUT2D eigenvalue weighted by Crippen LogP contribution is 2.23. The van der Waals surface area contributed by atoms with E-state index < -0.39 is 24.9 Å². The number of alkyl halides is 3. The van der Waals surface area contributed by atoms with Crippen molar-refractivity contribution in [3.05, 3.63) is 35.9 Å². The molecular formula is C15H18F3NO3. The lowest BCUT2D eigenvalue weighted by Crippen LogP contribution is -2.51. The summed E-state index contributed by atoms with van der Waals surface area (Å²) in [5, 5.41) is 9.21. The van der Waals surface area contributed by atoms with Crippen molar-refractivity contribution in [3.8, 4) is 0 Å². The van der Waals surface area contributed by atoms with Gasteiger partial charge in [-0.1, -0.05) is 30.3 Å². The van der Waals surface area contributed by atoms with E-state index in [0.29, 0.717) is 12.2 Å². The molecule has 1 aromatic rings. The SMILES string of the molecule is O=C(C[C@@H]1COCCN1C[C@H](O)C(F)(F)F)c1ccccc1. The molecular weight excluding hydrogens is 299 g/mol. The third-order valence-corrected chi connectivity index (χ3v) is 3.65. The molecule has 2 atom stereocenters. The second-order valence-electron chi connectivity index (χ2n) is 5.27. The van der Waals surface area contributed by atoms with Gasteiger partial charge in [0.15, 0.2) is 11.9 Å². The van der Waals surface area contributed by atoms with Crippen molar-refractivity contribution < 1.29 is 27.8 Å². The molecule has 122 valence electrons. The van der Waals surface area contributed by atoms with E-state index in [1.54, 1.807) is 30.3 Å². The molecule has 1 saturated heterocycles. The molecule has 0 bridgehead atoms. The Bertz CT molecular complexity index is 493. The zero-order chi connectivity index (χ0) is 16.2. The van der Waals surface area contributed by atoms with Gasteiger partial charge in [-0.15, -0.1) is 0 Å². The number of carbonyl (C=O) groups excluding carboxylic acids is 1. The first-order valence-electron chi connectivity index (χ1n) is 7.02. The molecule has 1 aliphatic heterocycles. The molecule has 0 aliphatic carbocycles. The highest BCUT2D eigenvalue weighted by atomic mass is 19.4. The number of benzene rings is 1. The Morgan fingerprint density at radius 2 is 2.05 bits per heavy atom. The van der Waals surface area contributed by atoms with Gasteiger partial charge in [-0.3, -0.25) is 9.69 Å². The van der Waals surface area contributed by atoms with Crippen molar-refractivity contribution in [2.75, 3.05) is 26.3 Å². The fourth-order valence-electron chi connectivity index (χ4n) is 2.40. The molecule has 22 heavy (non-hydrogen) atoms. The second-order valence-corrected chi connectivity index (χ2v) is 5.27. The topological polar surface area (TPSA) is 49.8 Å². The molecule has 0 radical (unpaired) electrons. The second kappa shape index (κ2) is 7.21. The van der Waals surface area contributed by atoms with Gasteiger partial charge in [0.25, 0.3) is 0 Å². The summed E-state index contributed by atoms with van der Waals surface area (Å²) in [6.07, 6.45) is -7.01. The minimum atomic E-state index is -4.66. The van der Waals surface area contributed by atoms with E-state index in [1.807, 2.05) is 0 Å². The van der Waals surface area contributed by atoms with Gasteiger partial charge in [-0.2, -0.15) is 13.2 Å². The molecule has 0 aromatic heterocycles. The minimum absolute atomic E-state index is 0.0641. The number of rotatable bonds is 5. The van der Waals surface area contributed by atoms with E-state index in [1.165, 1.54) is 4.90 Å². The van der Waals surface area contributed by atoms with Gasteiger partial charge in [0.2, 0.25) is 0 Å². The molecule has 1 aromatic carbocycles. The molecule has 4 nitrogen and oxygen atoms in total. The van der Waals surface area contributed by atoms with E-state index in [4.69, 9.17) is 4.74 Å². The van der Waals surface area contributed by atoms with E-state index in [0.717, 1.165) is 0 Å². The molecule has 0 amide bonds. The smallest absolute Gasteiger partial charge is 0.382 e. The summed E-state index contributed by atoms with van der Waals surface area (Å²) in [4.78, 5) is 13.6. The fraction of sp³-hybridized carbons (Fsp3) is 0.533. The van der Waals surface area contributed by atoms with Crippen molar-refractivity contribution in [3.63, 3.8) is 0 Å². The number of ether oxygens (including phenoxy) is 1. The van der Waals surface area contributed by atoms with Crippen molar-refractivity contribution in [2.24, 2.45) is 0 Å². The van der Waals surface area contributed by atoms with Crippen LogP contribution in [-0.2, 0) is 4.74 Å². The number of Topliss-reactive ketones (excluding diaryl/α,β-unsaturated/α-hetero) is 1. The average molecular weight is 317 g/mol. The summed E-state index contributed by atoms with van der Waals surface area (Å²) < 4.78 is 42.7. The molecule has 0 unspecified atom stereocenters. The molecule has 0 saturated carbocycles. The Hall–Kier alpha value is -1.44. The Morgan fingerprint density at radius 3 is 2.68 bits per heavy atom. The lowest BCUT2D eigenvalue weighted by atomic mass is 10.0. The number of aliphatic hydroxyl groups is 1. The average Bonchev–Trinajstić information content (AvgIpc) is 2.49. The van der Waals surface area contributed by atoms with E-state index in [-0.39, 0.29) is 25.4 Å². The highest BCUT2D eigenvalue weighted by Gasteiger charge is 2.40. The Morgan fingerprint density at radius 1 is 1.36 bits per heavy atom. The number of ketones is 1. The summed E-state index contributed by atoms with van der Waals surface area (Å²) in [6.45, 7) is 0.198. The number of halogens is 3. The maximum Gasteiger partial charge on any atom is 0.415 e. The van der Waals surface area contributed by atoms with Gasteiger partial charge in [-0.05, 0) is 0 Å². The van der Waals surface area contributed by atoms with Gasteiger partial charge in [0, 0.05) is 31.1 Å². The van der Waals surface area contributed by atoms with Crippen LogP contribution >= 0.6 is 0 Å². The molecule has 1 aliphatic rings. The van der Waals surface area contributed by atoms with Crippen LogP contribution in [0.5, 0.6) is 0 Å². The Kier molecular flexibility index (Phi) is 5.55. The number of aliphatic hydroxyl groups excluding tert-OH is 1. The minimum Gasteiger partial charge on any atom is -0.382 e. The van der Waals surface area contributed by atoms with Crippen LogP contribution in [0.4, 0.5) is 13.2 Å². The third kappa shape index (κ3) is 4.53. The van der Waals surface area contributed by atoms with Crippen LogP contribution in [0.2, 0.25) is 0 Å². The monoisotopic (exact) mass is 317 g/mol. The first kappa shape index (κ1) is 16.9. The third-order valence-electron chi connectivity index (χ3n) is 3.65. The zero-order valence-electron chi connectivity index (χ0n) is 11.9. The predicted molar refractivity (Wildman–Crippen MR) is 73.6 cm³/mol. The lowest BCUT2D eigenvalue weighted by molar-refractivity contribution is -0.212. The molecule has 0 spiro atoms. The van der Waals surface area contributed by atoms with Gasteiger partial charge < -0.3 is 9.84 Å². The fourth-order valence-corrected chi connectivity index (χ4v) is 2.40. The summed E-state index contributed by atoms with van der Waals surface area (Å²) in [6, 6.07) is 8.12. The molecule has 1 fully saturated rings. The van der Waals surface area contributed by atoms with Crippen LogP contribution in [0.3, 0.4) is 0 Å². The van der Waals surface area contributed by atoms with Crippen LogP contribution in [0.1, 0.15) is 16.8 Å². The molecule has 1 heterocycles. The van der Waals surface area contributed by atoms with E-state index in [9.17, 15) is 23.1 Å². The van der Waals surface area contributed by atoms with Gasteiger partial charge in [0.05, 0.1) is 13.2 Å².